The van der Waals surface area contributed by atoms with E-state index in [0.717, 1.165) is 6.07 Å². The SMILES string of the molecule is CCOC(=O)/C(C)=N\Nc1ccc(F)c(F)c1Br. The van der Waals surface area contributed by atoms with Crippen LogP contribution >= 0.6 is 15.9 Å². The third kappa shape index (κ3) is 3.49. The summed E-state index contributed by atoms with van der Waals surface area (Å²) >= 11 is 2.89. The zero-order valence-corrected chi connectivity index (χ0v) is 11.3. The molecule has 0 spiro atoms. The van der Waals surface area contributed by atoms with Crippen molar-refractivity contribution in [2.45, 2.75) is 13.8 Å². The Kier molecular flexibility index (Phi) is 5.21. The number of carbonyl (C=O) groups is 1. The lowest BCUT2D eigenvalue weighted by Gasteiger charge is -2.06. The number of anilines is 1. The fraction of sp³-hybridized carbons (Fsp3) is 0.273. The van der Waals surface area contributed by atoms with E-state index in [0.29, 0.717) is 0 Å². The number of carbonyl (C=O) groups excluding carboxylic acids is 1. The number of hydrogen-bond acceptors (Lipinski definition) is 4. The molecule has 0 heterocycles. The zero-order chi connectivity index (χ0) is 13.7. The second-order valence-corrected chi connectivity index (χ2v) is 4.05. The maximum atomic E-state index is 13.2. The van der Waals surface area contributed by atoms with E-state index in [2.05, 4.69) is 26.5 Å². The van der Waals surface area contributed by atoms with Gasteiger partial charge < -0.3 is 4.74 Å². The molecule has 0 aliphatic rings. The second-order valence-electron chi connectivity index (χ2n) is 3.25. The number of ether oxygens (including phenoxy) is 1. The molecule has 0 aliphatic heterocycles. The molecule has 0 fully saturated rings. The summed E-state index contributed by atoms with van der Waals surface area (Å²) in [6.07, 6.45) is 0. The molecule has 0 saturated carbocycles. The molecule has 18 heavy (non-hydrogen) atoms. The first-order valence-electron chi connectivity index (χ1n) is 5.08. The molecular formula is C11H11BrF2N2O2. The molecule has 1 aromatic carbocycles. The monoisotopic (exact) mass is 320 g/mol. The maximum absolute atomic E-state index is 13.2. The van der Waals surface area contributed by atoms with Crippen molar-refractivity contribution in [3.8, 4) is 0 Å². The van der Waals surface area contributed by atoms with Crippen molar-refractivity contribution in [1.29, 1.82) is 0 Å². The van der Waals surface area contributed by atoms with E-state index in [1.165, 1.54) is 13.0 Å². The van der Waals surface area contributed by atoms with Crippen molar-refractivity contribution in [3.05, 3.63) is 28.2 Å². The molecule has 98 valence electrons. The van der Waals surface area contributed by atoms with Gasteiger partial charge in [-0.2, -0.15) is 5.10 Å². The molecule has 0 radical (unpaired) electrons. The molecule has 0 unspecified atom stereocenters. The third-order valence-electron chi connectivity index (χ3n) is 1.95. The van der Waals surface area contributed by atoms with E-state index in [9.17, 15) is 13.6 Å². The van der Waals surface area contributed by atoms with E-state index < -0.39 is 17.6 Å². The van der Waals surface area contributed by atoms with Crippen molar-refractivity contribution in [2.24, 2.45) is 5.10 Å². The average molecular weight is 321 g/mol. The predicted octanol–water partition coefficient (Wildman–Crippen LogP) is 3.08. The first-order valence-corrected chi connectivity index (χ1v) is 5.87. The summed E-state index contributed by atoms with van der Waals surface area (Å²) in [4.78, 5) is 11.2. The van der Waals surface area contributed by atoms with Gasteiger partial charge in [-0.3, -0.25) is 5.43 Å². The summed E-state index contributed by atoms with van der Waals surface area (Å²) in [6.45, 7) is 3.35. The minimum absolute atomic E-state index is 0.0773. The van der Waals surface area contributed by atoms with E-state index in [1.54, 1.807) is 6.92 Å². The predicted molar refractivity (Wildman–Crippen MR) is 67.4 cm³/mol. The van der Waals surface area contributed by atoms with Crippen molar-refractivity contribution < 1.29 is 18.3 Å². The van der Waals surface area contributed by atoms with Crippen molar-refractivity contribution in [3.63, 3.8) is 0 Å². The molecule has 0 atom stereocenters. The minimum atomic E-state index is -1.02. The van der Waals surface area contributed by atoms with Crippen molar-refractivity contribution in [1.82, 2.24) is 0 Å². The van der Waals surface area contributed by atoms with Gasteiger partial charge in [-0.15, -0.1) is 0 Å². The molecule has 0 aromatic heterocycles. The molecule has 4 nitrogen and oxygen atoms in total. The van der Waals surface area contributed by atoms with E-state index >= 15 is 0 Å². The van der Waals surface area contributed by atoms with Crippen LogP contribution in [-0.4, -0.2) is 18.3 Å². The van der Waals surface area contributed by atoms with Gasteiger partial charge in [0.15, 0.2) is 11.6 Å². The lowest BCUT2D eigenvalue weighted by atomic mass is 10.3. The van der Waals surface area contributed by atoms with Crippen LogP contribution < -0.4 is 5.43 Å². The van der Waals surface area contributed by atoms with Crippen LogP contribution in [-0.2, 0) is 9.53 Å². The van der Waals surface area contributed by atoms with Crippen LogP contribution in [0.25, 0.3) is 0 Å². The summed E-state index contributed by atoms with van der Waals surface area (Å²) in [7, 11) is 0. The Labute approximate surface area is 111 Å². The molecule has 1 rings (SSSR count). The molecule has 0 aliphatic carbocycles. The van der Waals surface area contributed by atoms with Crippen LogP contribution in [0.5, 0.6) is 0 Å². The average Bonchev–Trinajstić information content (AvgIpc) is 2.35. The fourth-order valence-electron chi connectivity index (χ4n) is 1.04. The Bertz CT molecular complexity index is 492. The van der Waals surface area contributed by atoms with Gasteiger partial charge in [0.25, 0.3) is 0 Å². The highest BCUT2D eigenvalue weighted by atomic mass is 79.9. The summed E-state index contributed by atoms with van der Waals surface area (Å²) < 4.78 is 30.7. The van der Waals surface area contributed by atoms with Gasteiger partial charge in [0.2, 0.25) is 0 Å². The van der Waals surface area contributed by atoms with Gasteiger partial charge in [0.1, 0.15) is 5.71 Å². The van der Waals surface area contributed by atoms with Gasteiger partial charge in [-0.25, -0.2) is 13.6 Å². The Morgan fingerprint density at radius 3 is 2.78 bits per heavy atom. The smallest absolute Gasteiger partial charge is 0.354 e. The third-order valence-corrected chi connectivity index (χ3v) is 2.73. The van der Waals surface area contributed by atoms with Gasteiger partial charge in [-0.1, -0.05) is 0 Å². The van der Waals surface area contributed by atoms with Crippen LogP contribution in [0.2, 0.25) is 0 Å². The number of nitrogens with one attached hydrogen (secondary N) is 1. The highest BCUT2D eigenvalue weighted by Gasteiger charge is 2.11. The number of nitrogens with zero attached hydrogens (tertiary/aromatic N) is 1. The molecule has 0 saturated heterocycles. The zero-order valence-electron chi connectivity index (χ0n) is 9.76. The highest BCUT2D eigenvalue weighted by Crippen LogP contribution is 2.27. The van der Waals surface area contributed by atoms with Crippen LogP contribution in [0.15, 0.2) is 21.7 Å². The fourth-order valence-corrected chi connectivity index (χ4v) is 1.45. The molecule has 1 N–H and O–H groups in total. The summed E-state index contributed by atoms with van der Waals surface area (Å²) in [5.74, 6) is -2.58. The van der Waals surface area contributed by atoms with Crippen LogP contribution in [0.1, 0.15) is 13.8 Å². The molecule has 7 heteroatoms. The maximum Gasteiger partial charge on any atom is 0.354 e. The van der Waals surface area contributed by atoms with E-state index in [-0.39, 0.29) is 22.5 Å². The number of hydrogen-bond donors (Lipinski definition) is 1. The Morgan fingerprint density at radius 2 is 2.17 bits per heavy atom. The summed E-state index contributed by atoms with van der Waals surface area (Å²) in [5.41, 5.74) is 2.74. The number of rotatable bonds is 4. The van der Waals surface area contributed by atoms with Crippen molar-refractivity contribution in [2.75, 3.05) is 12.0 Å². The topological polar surface area (TPSA) is 50.7 Å². The number of esters is 1. The summed E-state index contributed by atoms with van der Waals surface area (Å²) in [5, 5.41) is 3.72. The van der Waals surface area contributed by atoms with Crippen molar-refractivity contribution >= 4 is 33.3 Å². The number of hydrazone groups is 1. The van der Waals surface area contributed by atoms with E-state index in [4.69, 9.17) is 4.74 Å². The highest BCUT2D eigenvalue weighted by molar-refractivity contribution is 9.10. The van der Waals surface area contributed by atoms with Crippen LogP contribution in [0.3, 0.4) is 0 Å². The number of benzene rings is 1. The standard InChI is InChI=1S/C11H11BrF2N2O2/c1-3-18-11(17)6(2)15-16-8-5-4-7(13)10(14)9(8)12/h4-5,16H,3H2,1-2H3/b15-6-. The summed E-state index contributed by atoms with van der Waals surface area (Å²) in [6, 6.07) is 2.25. The molecule has 1 aromatic rings. The molecule has 0 bridgehead atoms. The minimum Gasteiger partial charge on any atom is -0.461 e. The largest absolute Gasteiger partial charge is 0.461 e. The van der Waals surface area contributed by atoms with Crippen LogP contribution in [0.4, 0.5) is 14.5 Å². The first kappa shape index (κ1) is 14.6. The number of halogens is 3. The lowest BCUT2D eigenvalue weighted by molar-refractivity contribution is -0.135. The second kappa shape index (κ2) is 6.44. The molecular weight excluding hydrogens is 310 g/mol. The quantitative estimate of drug-likeness (QED) is 0.401. The Balaban J connectivity index is 2.83. The van der Waals surface area contributed by atoms with E-state index in [1.807, 2.05) is 0 Å². The lowest BCUT2D eigenvalue weighted by Crippen LogP contribution is -2.15. The van der Waals surface area contributed by atoms with Gasteiger partial charge >= 0.3 is 5.97 Å². The van der Waals surface area contributed by atoms with Crippen LogP contribution in [0, 0.1) is 11.6 Å². The Hall–Kier alpha value is -1.50. The Morgan fingerprint density at radius 1 is 1.50 bits per heavy atom. The molecule has 0 amide bonds. The van der Waals surface area contributed by atoms with Gasteiger partial charge in [0.05, 0.1) is 16.8 Å². The first-order chi connectivity index (χ1) is 8.47. The van der Waals surface area contributed by atoms with Gasteiger partial charge in [0, 0.05) is 0 Å². The normalized spacial score (nSPS) is 11.3. The van der Waals surface area contributed by atoms with Gasteiger partial charge in [-0.05, 0) is 41.9 Å².